The molecule has 0 aliphatic carbocycles. The zero-order valence-corrected chi connectivity index (χ0v) is 9.81. The molecule has 0 aliphatic heterocycles. The van der Waals surface area contributed by atoms with Crippen LogP contribution in [0.15, 0.2) is 18.2 Å². The standard InChI is InChI=1S/C13H18N2/c1-8-5-6-11-7-12(10(3)14-4)15-13(11)9(8)2/h5-7,10,14-15H,1-4H3. The van der Waals surface area contributed by atoms with Crippen LogP contribution in [0, 0.1) is 13.8 Å². The van der Waals surface area contributed by atoms with Crippen molar-refractivity contribution in [3.63, 3.8) is 0 Å². The summed E-state index contributed by atoms with van der Waals surface area (Å²) in [6.45, 7) is 6.48. The van der Waals surface area contributed by atoms with Crippen LogP contribution in [0.4, 0.5) is 0 Å². The van der Waals surface area contributed by atoms with Crippen LogP contribution in [0.2, 0.25) is 0 Å². The fourth-order valence-electron chi connectivity index (χ4n) is 1.86. The Kier molecular flexibility index (Phi) is 2.53. The van der Waals surface area contributed by atoms with Gasteiger partial charge in [0.15, 0.2) is 0 Å². The van der Waals surface area contributed by atoms with Crippen LogP contribution in [0.3, 0.4) is 0 Å². The van der Waals surface area contributed by atoms with Gasteiger partial charge in [0.25, 0.3) is 0 Å². The van der Waals surface area contributed by atoms with Crippen molar-refractivity contribution in [2.75, 3.05) is 7.05 Å². The molecule has 0 saturated carbocycles. The van der Waals surface area contributed by atoms with Crippen molar-refractivity contribution < 1.29 is 0 Å². The second kappa shape index (κ2) is 3.70. The van der Waals surface area contributed by atoms with E-state index in [4.69, 9.17) is 0 Å². The van der Waals surface area contributed by atoms with Crippen molar-refractivity contribution in [3.05, 3.63) is 35.0 Å². The minimum Gasteiger partial charge on any atom is -0.357 e. The first kappa shape index (κ1) is 10.2. The highest BCUT2D eigenvalue weighted by molar-refractivity contribution is 5.84. The van der Waals surface area contributed by atoms with E-state index in [-0.39, 0.29) is 0 Å². The third-order valence-corrected chi connectivity index (χ3v) is 3.25. The van der Waals surface area contributed by atoms with Gasteiger partial charge in [-0.3, -0.25) is 0 Å². The number of hydrogen-bond acceptors (Lipinski definition) is 1. The molecule has 0 amide bonds. The van der Waals surface area contributed by atoms with E-state index in [0.29, 0.717) is 6.04 Å². The summed E-state index contributed by atoms with van der Waals surface area (Å²) >= 11 is 0. The maximum Gasteiger partial charge on any atom is 0.0488 e. The number of aromatic amines is 1. The Hall–Kier alpha value is -1.28. The highest BCUT2D eigenvalue weighted by Gasteiger charge is 2.08. The summed E-state index contributed by atoms with van der Waals surface area (Å²) in [4.78, 5) is 3.49. The summed E-state index contributed by atoms with van der Waals surface area (Å²) in [5.41, 5.74) is 5.21. The Morgan fingerprint density at radius 3 is 2.67 bits per heavy atom. The van der Waals surface area contributed by atoms with Crippen LogP contribution in [0.1, 0.15) is 29.8 Å². The van der Waals surface area contributed by atoms with Crippen molar-refractivity contribution >= 4 is 10.9 Å². The Morgan fingerprint density at radius 2 is 2.00 bits per heavy atom. The average Bonchev–Trinajstić information content (AvgIpc) is 2.67. The van der Waals surface area contributed by atoms with Crippen molar-refractivity contribution in [1.82, 2.24) is 10.3 Å². The predicted octanol–water partition coefficient (Wildman–Crippen LogP) is 3.07. The Balaban J connectivity index is 2.61. The number of benzene rings is 1. The Morgan fingerprint density at radius 1 is 1.27 bits per heavy atom. The van der Waals surface area contributed by atoms with Crippen molar-refractivity contribution in [2.24, 2.45) is 0 Å². The van der Waals surface area contributed by atoms with Crippen molar-refractivity contribution in [1.29, 1.82) is 0 Å². The normalized spacial score (nSPS) is 13.3. The van der Waals surface area contributed by atoms with Crippen molar-refractivity contribution in [3.8, 4) is 0 Å². The SMILES string of the molecule is CNC(C)c1cc2ccc(C)c(C)c2[nH]1. The largest absolute Gasteiger partial charge is 0.357 e. The first-order valence-electron chi connectivity index (χ1n) is 5.39. The molecule has 2 rings (SSSR count). The molecule has 0 spiro atoms. The number of aryl methyl sites for hydroxylation is 2. The van der Waals surface area contributed by atoms with Gasteiger partial charge in [-0.2, -0.15) is 0 Å². The zero-order chi connectivity index (χ0) is 11.0. The van der Waals surface area contributed by atoms with Gasteiger partial charge in [0.1, 0.15) is 0 Å². The van der Waals surface area contributed by atoms with E-state index in [1.807, 2.05) is 7.05 Å². The molecule has 80 valence electrons. The first-order valence-corrected chi connectivity index (χ1v) is 5.39. The maximum atomic E-state index is 3.49. The number of H-pyrrole nitrogens is 1. The van der Waals surface area contributed by atoms with E-state index in [0.717, 1.165) is 0 Å². The van der Waals surface area contributed by atoms with Crippen LogP contribution < -0.4 is 5.32 Å². The third kappa shape index (κ3) is 1.65. The molecular formula is C13H18N2. The molecule has 0 radical (unpaired) electrons. The quantitative estimate of drug-likeness (QED) is 0.769. The van der Waals surface area contributed by atoms with Gasteiger partial charge >= 0.3 is 0 Å². The molecule has 1 heterocycles. The number of aromatic nitrogens is 1. The second-order valence-electron chi connectivity index (χ2n) is 4.21. The van der Waals surface area contributed by atoms with E-state index in [9.17, 15) is 0 Å². The van der Waals surface area contributed by atoms with Gasteiger partial charge in [-0.05, 0) is 50.4 Å². The molecule has 2 nitrogen and oxygen atoms in total. The van der Waals surface area contributed by atoms with Crippen LogP contribution >= 0.6 is 0 Å². The highest BCUT2D eigenvalue weighted by Crippen LogP contribution is 2.24. The summed E-state index contributed by atoms with van der Waals surface area (Å²) in [6.07, 6.45) is 0. The van der Waals surface area contributed by atoms with Gasteiger partial charge in [-0.15, -0.1) is 0 Å². The van der Waals surface area contributed by atoms with E-state index >= 15 is 0 Å². The van der Waals surface area contributed by atoms with Crippen LogP contribution in [-0.2, 0) is 0 Å². The molecular weight excluding hydrogens is 184 g/mol. The van der Waals surface area contributed by atoms with Gasteiger partial charge in [0, 0.05) is 17.3 Å². The summed E-state index contributed by atoms with van der Waals surface area (Å²) in [6, 6.07) is 6.96. The Labute approximate surface area is 90.7 Å². The molecule has 2 heteroatoms. The number of fused-ring (bicyclic) bond motifs is 1. The number of nitrogens with one attached hydrogen (secondary N) is 2. The topological polar surface area (TPSA) is 27.8 Å². The van der Waals surface area contributed by atoms with E-state index in [1.165, 1.54) is 27.7 Å². The first-order chi connectivity index (χ1) is 7.13. The summed E-state index contributed by atoms with van der Waals surface area (Å²) < 4.78 is 0. The van der Waals surface area contributed by atoms with Gasteiger partial charge < -0.3 is 10.3 Å². The molecule has 1 aromatic heterocycles. The average molecular weight is 202 g/mol. The lowest BCUT2D eigenvalue weighted by atomic mass is 10.1. The van der Waals surface area contributed by atoms with Crippen LogP contribution in [0.25, 0.3) is 10.9 Å². The molecule has 0 aliphatic rings. The predicted molar refractivity (Wildman–Crippen MR) is 65.2 cm³/mol. The molecule has 0 saturated heterocycles. The van der Waals surface area contributed by atoms with Crippen LogP contribution in [0.5, 0.6) is 0 Å². The Bertz CT molecular complexity index is 482. The minimum absolute atomic E-state index is 0.372. The summed E-state index contributed by atoms with van der Waals surface area (Å²) in [5.74, 6) is 0. The molecule has 15 heavy (non-hydrogen) atoms. The molecule has 0 fully saturated rings. The lowest BCUT2D eigenvalue weighted by molar-refractivity contribution is 0.638. The van der Waals surface area contributed by atoms with Crippen LogP contribution in [-0.4, -0.2) is 12.0 Å². The summed E-state index contributed by atoms with van der Waals surface area (Å²) in [7, 11) is 1.98. The molecule has 2 aromatic rings. The van der Waals surface area contributed by atoms with Gasteiger partial charge in [0.05, 0.1) is 0 Å². The molecule has 1 aromatic carbocycles. The maximum absolute atomic E-state index is 3.49. The summed E-state index contributed by atoms with van der Waals surface area (Å²) in [5, 5.41) is 4.55. The minimum atomic E-state index is 0.372. The monoisotopic (exact) mass is 202 g/mol. The fraction of sp³-hybridized carbons (Fsp3) is 0.385. The van der Waals surface area contributed by atoms with E-state index in [1.54, 1.807) is 0 Å². The molecule has 2 N–H and O–H groups in total. The molecule has 1 atom stereocenters. The van der Waals surface area contributed by atoms with Gasteiger partial charge in [-0.25, -0.2) is 0 Å². The van der Waals surface area contributed by atoms with Crippen molar-refractivity contribution in [2.45, 2.75) is 26.8 Å². The molecule has 1 unspecified atom stereocenters. The van der Waals surface area contributed by atoms with Gasteiger partial charge in [0.2, 0.25) is 0 Å². The fourth-order valence-corrected chi connectivity index (χ4v) is 1.86. The van der Waals surface area contributed by atoms with Gasteiger partial charge in [-0.1, -0.05) is 12.1 Å². The zero-order valence-electron chi connectivity index (χ0n) is 9.81. The molecule has 0 bridgehead atoms. The second-order valence-corrected chi connectivity index (χ2v) is 4.21. The number of rotatable bonds is 2. The lowest BCUT2D eigenvalue weighted by Crippen LogP contribution is -2.12. The third-order valence-electron chi connectivity index (χ3n) is 3.25. The highest BCUT2D eigenvalue weighted by atomic mass is 14.9. The smallest absolute Gasteiger partial charge is 0.0488 e. The van der Waals surface area contributed by atoms with E-state index in [2.05, 4.69) is 49.3 Å². The number of hydrogen-bond donors (Lipinski definition) is 2. The van der Waals surface area contributed by atoms with E-state index < -0.39 is 0 Å². The lowest BCUT2D eigenvalue weighted by Gasteiger charge is -2.06.